The molecular weight excluding hydrogens is 230 g/mol. The molecule has 1 aromatic rings. The number of hydrogen-bond donors (Lipinski definition) is 1. The summed E-state index contributed by atoms with van der Waals surface area (Å²) in [6, 6.07) is 11.1. The average molecular weight is 249 g/mol. The molecule has 2 aliphatic rings. The molecule has 3 rings (SSSR count). The lowest BCUT2D eigenvalue weighted by Gasteiger charge is -2.47. The molecule has 2 fully saturated rings. The second kappa shape index (κ2) is 5.01. The standard InChI is InChI=1S/C14H19NOS/c1-2-4-12(5-3-1)13-14(16-9-8-15-13)6-10-17-11-7-14/h1-5,13,15H,6-11H2. The highest BCUT2D eigenvalue weighted by Crippen LogP contribution is 2.41. The maximum Gasteiger partial charge on any atom is 0.0892 e. The number of morpholine rings is 1. The second-order valence-corrected chi connectivity index (χ2v) is 6.05. The van der Waals surface area contributed by atoms with E-state index in [1.807, 2.05) is 0 Å². The summed E-state index contributed by atoms with van der Waals surface area (Å²) < 4.78 is 6.20. The maximum atomic E-state index is 6.20. The van der Waals surface area contributed by atoms with Crippen molar-refractivity contribution in [3.8, 4) is 0 Å². The molecule has 0 radical (unpaired) electrons. The van der Waals surface area contributed by atoms with Gasteiger partial charge in [-0.2, -0.15) is 11.8 Å². The number of ether oxygens (including phenoxy) is 1. The molecule has 2 saturated heterocycles. The van der Waals surface area contributed by atoms with E-state index in [1.54, 1.807) is 0 Å². The van der Waals surface area contributed by atoms with E-state index < -0.39 is 0 Å². The first-order valence-corrected chi connectivity index (χ1v) is 7.56. The summed E-state index contributed by atoms with van der Waals surface area (Å²) in [6.07, 6.45) is 2.34. The van der Waals surface area contributed by atoms with Gasteiger partial charge in [0.2, 0.25) is 0 Å². The molecule has 2 nitrogen and oxygen atoms in total. The zero-order chi connectivity index (χ0) is 11.6. The van der Waals surface area contributed by atoms with E-state index in [-0.39, 0.29) is 5.60 Å². The fraction of sp³-hybridized carbons (Fsp3) is 0.571. The minimum atomic E-state index is 0.0465. The van der Waals surface area contributed by atoms with E-state index >= 15 is 0 Å². The van der Waals surface area contributed by atoms with E-state index in [1.165, 1.54) is 29.9 Å². The number of benzene rings is 1. The Balaban J connectivity index is 1.89. The minimum absolute atomic E-state index is 0.0465. The summed E-state index contributed by atoms with van der Waals surface area (Å²) in [4.78, 5) is 0. The van der Waals surface area contributed by atoms with Gasteiger partial charge in [0.15, 0.2) is 0 Å². The van der Waals surface area contributed by atoms with Crippen molar-refractivity contribution in [3.63, 3.8) is 0 Å². The van der Waals surface area contributed by atoms with Crippen LogP contribution in [-0.4, -0.2) is 30.3 Å². The monoisotopic (exact) mass is 249 g/mol. The molecule has 2 heterocycles. The van der Waals surface area contributed by atoms with Gasteiger partial charge < -0.3 is 10.1 Å². The highest BCUT2D eigenvalue weighted by molar-refractivity contribution is 7.99. The van der Waals surface area contributed by atoms with Gasteiger partial charge in [-0.3, -0.25) is 0 Å². The Morgan fingerprint density at radius 3 is 2.71 bits per heavy atom. The quantitative estimate of drug-likeness (QED) is 0.826. The predicted octanol–water partition coefficient (Wildman–Crippen LogP) is 2.61. The SMILES string of the molecule is c1ccc(C2NCCOC23CCSCC3)cc1. The molecule has 3 heteroatoms. The molecule has 1 spiro atoms. The van der Waals surface area contributed by atoms with Crippen LogP contribution in [0.5, 0.6) is 0 Å². The Morgan fingerprint density at radius 2 is 1.94 bits per heavy atom. The van der Waals surface area contributed by atoms with E-state index in [4.69, 9.17) is 4.74 Å². The molecule has 1 unspecified atom stereocenters. The largest absolute Gasteiger partial charge is 0.372 e. The van der Waals surface area contributed by atoms with Gasteiger partial charge in [-0.1, -0.05) is 30.3 Å². The summed E-state index contributed by atoms with van der Waals surface area (Å²) in [5.41, 5.74) is 1.42. The first-order chi connectivity index (χ1) is 8.41. The molecule has 1 atom stereocenters. The van der Waals surface area contributed by atoms with Gasteiger partial charge in [-0.05, 0) is 29.9 Å². The van der Waals surface area contributed by atoms with Gasteiger partial charge >= 0.3 is 0 Å². The van der Waals surface area contributed by atoms with Crippen molar-refractivity contribution in [2.45, 2.75) is 24.5 Å². The fourth-order valence-electron chi connectivity index (χ4n) is 2.94. The highest BCUT2D eigenvalue weighted by atomic mass is 32.2. The van der Waals surface area contributed by atoms with Crippen molar-refractivity contribution in [1.29, 1.82) is 0 Å². The highest BCUT2D eigenvalue weighted by Gasteiger charge is 2.43. The molecule has 2 aliphatic heterocycles. The first kappa shape index (κ1) is 11.6. The zero-order valence-corrected chi connectivity index (χ0v) is 10.8. The Morgan fingerprint density at radius 1 is 1.18 bits per heavy atom. The normalized spacial score (nSPS) is 28.1. The third kappa shape index (κ3) is 2.24. The van der Waals surface area contributed by atoms with Crippen LogP contribution in [0.4, 0.5) is 0 Å². The maximum absolute atomic E-state index is 6.20. The van der Waals surface area contributed by atoms with Crippen LogP contribution in [0.3, 0.4) is 0 Å². The van der Waals surface area contributed by atoms with Crippen molar-refractivity contribution in [1.82, 2.24) is 5.32 Å². The molecule has 0 aromatic heterocycles. The zero-order valence-electron chi connectivity index (χ0n) is 10.0. The third-order valence-electron chi connectivity index (χ3n) is 3.84. The molecule has 0 bridgehead atoms. The lowest BCUT2D eigenvalue weighted by Crippen LogP contribution is -2.53. The Hall–Kier alpha value is -0.510. The average Bonchev–Trinajstić information content (AvgIpc) is 2.41. The molecule has 0 saturated carbocycles. The van der Waals surface area contributed by atoms with E-state index in [9.17, 15) is 0 Å². The van der Waals surface area contributed by atoms with Crippen molar-refractivity contribution < 1.29 is 4.74 Å². The number of hydrogen-bond acceptors (Lipinski definition) is 3. The lowest BCUT2D eigenvalue weighted by molar-refractivity contribution is -0.103. The van der Waals surface area contributed by atoms with Crippen LogP contribution >= 0.6 is 11.8 Å². The Kier molecular flexibility index (Phi) is 3.41. The van der Waals surface area contributed by atoms with Gasteiger partial charge in [-0.15, -0.1) is 0 Å². The molecule has 1 aromatic carbocycles. The first-order valence-electron chi connectivity index (χ1n) is 6.41. The molecule has 1 N–H and O–H groups in total. The van der Waals surface area contributed by atoms with Gasteiger partial charge in [0.25, 0.3) is 0 Å². The minimum Gasteiger partial charge on any atom is -0.372 e. The predicted molar refractivity (Wildman–Crippen MR) is 72.4 cm³/mol. The summed E-state index contributed by atoms with van der Waals surface area (Å²) in [6.45, 7) is 1.82. The van der Waals surface area contributed by atoms with Crippen molar-refractivity contribution in [3.05, 3.63) is 35.9 Å². The van der Waals surface area contributed by atoms with Crippen molar-refractivity contribution in [2.75, 3.05) is 24.7 Å². The van der Waals surface area contributed by atoms with Gasteiger partial charge in [0, 0.05) is 6.54 Å². The third-order valence-corrected chi connectivity index (χ3v) is 4.82. The summed E-state index contributed by atoms with van der Waals surface area (Å²) in [5.74, 6) is 2.45. The van der Waals surface area contributed by atoms with Crippen LogP contribution in [0.1, 0.15) is 24.4 Å². The molecule has 17 heavy (non-hydrogen) atoms. The van der Waals surface area contributed by atoms with Crippen LogP contribution in [0.15, 0.2) is 30.3 Å². The van der Waals surface area contributed by atoms with E-state index in [0.29, 0.717) is 6.04 Å². The van der Waals surface area contributed by atoms with Crippen LogP contribution < -0.4 is 5.32 Å². The molecule has 0 amide bonds. The topological polar surface area (TPSA) is 21.3 Å². The fourth-order valence-corrected chi connectivity index (χ4v) is 4.13. The molecular formula is C14H19NOS. The van der Waals surface area contributed by atoms with Gasteiger partial charge in [-0.25, -0.2) is 0 Å². The Labute approximate surface area is 107 Å². The smallest absolute Gasteiger partial charge is 0.0892 e. The molecule has 0 aliphatic carbocycles. The molecule has 92 valence electrons. The summed E-state index contributed by atoms with van der Waals surface area (Å²) >= 11 is 2.05. The van der Waals surface area contributed by atoms with Crippen LogP contribution in [0.2, 0.25) is 0 Å². The number of nitrogens with one attached hydrogen (secondary N) is 1. The van der Waals surface area contributed by atoms with Crippen LogP contribution in [0.25, 0.3) is 0 Å². The van der Waals surface area contributed by atoms with Crippen molar-refractivity contribution >= 4 is 11.8 Å². The van der Waals surface area contributed by atoms with Gasteiger partial charge in [0.05, 0.1) is 18.2 Å². The summed E-state index contributed by atoms with van der Waals surface area (Å²) in [5, 5.41) is 3.66. The number of thioether (sulfide) groups is 1. The van der Waals surface area contributed by atoms with E-state index in [0.717, 1.165) is 13.2 Å². The van der Waals surface area contributed by atoms with Crippen LogP contribution in [0, 0.1) is 0 Å². The Bertz CT molecular complexity index is 353. The summed E-state index contributed by atoms with van der Waals surface area (Å²) in [7, 11) is 0. The van der Waals surface area contributed by atoms with Gasteiger partial charge in [0.1, 0.15) is 0 Å². The van der Waals surface area contributed by atoms with Crippen LogP contribution in [-0.2, 0) is 4.74 Å². The second-order valence-electron chi connectivity index (χ2n) is 4.82. The lowest BCUT2D eigenvalue weighted by atomic mass is 9.82. The van der Waals surface area contributed by atoms with E-state index in [2.05, 4.69) is 47.4 Å². The number of rotatable bonds is 1. The van der Waals surface area contributed by atoms with Crippen molar-refractivity contribution in [2.24, 2.45) is 0 Å².